The number of anilines is 2. The van der Waals surface area contributed by atoms with E-state index in [-0.39, 0.29) is 65.1 Å². The number of aromatic nitrogens is 8. The molecule has 2 aromatic carbocycles. The summed E-state index contributed by atoms with van der Waals surface area (Å²) in [7, 11) is -10.4. The number of alkyl halides is 3. The van der Waals surface area contributed by atoms with Crippen LogP contribution in [0.1, 0.15) is 76.6 Å². The molecule has 100 heavy (non-hydrogen) atoms. The number of halogens is 3. The highest BCUT2D eigenvalue weighted by Gasteiger charge is 2.47. The quantitative estimate of drug-likeness (QED) is 0.0432. The van der Waals surface area contributed by atoms with Gasteiger partial charge in [-0.1, -0.05) is 112 Å². The Hall–Kier alpha value is -7.56. The molecule has 0 aliphatic carbocycles. The van der Waals surface area contributed by atoms with Crippen molar-refractivity contribution < 1.29 is 63.3 Å². The van der Waals surface area contributed by atoms with Gasteiger partial charge in [-0.3, -0.25) is 19.7 Å². The zero-order valence-corrected chi connectivity index (χ0v) is 62.4. The zero-order chi connectivity index (χ0) is 72.3. The van der Waals surface area contributed by atoms with Gasteiger partial charge in [0.2, 0.25) is 5.78 Å². The van der Waals surface area contributed by atoms with Gasteiger partial charge in [-0.05, 0) is 70.7 Å². The van der Waals surface area contributed by atoms with Gasteiger partial charge in [0.1, 0.15) is 34.7 Å². The van der Waals surface area contributed by atoms with Crippen LogP contribution in [0, 0.1) is 0 Å². The molecule has 4 aliphatic rings. The first-order valence-corrected chi connectivity index (χ1v) is 44.6. The van der Waals surface area contributed by atoms with Gasteiger partial charge in [0.05, 0.1) is 73.7 Å². The average Bonchev–Trinajstić information content (AvgIpc) is 1.40. The van der Waals surface area contributed by atoms with E-state index in [0.717, 1.165) is 64.1 Å². The molecule has 4 unspecified atom stereocenters. The van der Waals surface area contributed by atoms with E-state index in [2.05, 4.69) is 54.7 Å². The molecule has 0 spiro atoms. The second-order valence-electron chi connectivity index (χ2n) is 29.5. The number of nitrogen functional groups attached to an aromatic ring is 1. The van der Waals surface area contributed by atoms with Gasteiger partial charge in [0.25, 0.3) is 0 Å². The second kappa shape index (κ2) is 30.6. The molecule has 4 saturated heterocycles. The lowest BCUT2D eigenvalue weighted by molar-refractivity contribution is -0.168. The zero-order valence-electron chi connectivity index (χ0n) is 58.7. The summed E-state index contributed by atoms with van der Waals surface area (Å²) in [6.07, 6.45) is 6.72. The Morgan fingerprint density at radius 3 is 1.47 bits per heavy atom. The van der Waals surface area contributed by atoms with Crippen molar-refractivity contribution in [2.24, 2.45) is 0 Å². The number of Topliss-reactive ketones (excluding diaryl/α,β-unsaturated/α-hetero) is 1. The van der Waals surface area contributed by atoms with Crippen molar-refractivity contribution in [3.8, 4) is 44.8 Å². The number of sulfone groups is 2. The molecule has 3 N–H and O–H groups in total. The van der Waals surface area contributed by atoms with Crippen LogP contribution in [-0.4, -0.2) is 190 Å². The first kappa shape index (κ1) is 75.1. The molecule has 10 heterocycles. The predicted octanol–water partition coefficient (Wildman–Crippen LogP) is 12.0. The summed E-state index contributed by atoms with van der Waals surface area (Å²) in [6, 6.07) is 29.4. The minimum absolute atomic E-state index is 0.0477. The molecule has 0 radical (unpaired) electrons. The molecule has 4 fully saturated rings. The van der Waals surface area contributed by atoms with Gasteiger partial charge < -0.3 is 39.6 Å². The van der Waals surface area contributed by atoms with Crippen LogP contribution in [0.15, 0.2) is 120 Å². The largest absolute Gasteiger partial charge is 0.449 e. The Balaban J connectivity index is 0.000000216. The average molecular weight is 1450 g/mol. The maximum absolute atomic E-state index is 14.3. The van der Waals surface area contributed by atoms with E-state index in [1.165, 1.54) is 17.0 Å². The van der Waals surface area contributed by atoms with Crippen LogP contribution in [0.4, 0.5) is 29.6 Å². The summed E-state index contributed by atoms with van der Waals surface area (Å²) >= 11 is 0. The number of ketones is 1. The van der Waals surface area contributed by atoms with Crippen LogP contribution in [-0.2, 0) is 48.2 Å². The van der Waals surface area contributed by atoms with E-state index >= 15 is 0 Å². The lowest BCUT2D eigenvalue weighted by Gasteiger charge is -2.48. The van der Waals surface area contributed by atoms with Gasteiger partial charge in [-0.15, -0.1) is 0 Å². The fraction of sp³-hybridized carbons (Fsp3) is 0.486. The van der Waals surface area contributed by atoms with Crippen molar-refractivity contribution in [2.45, 2.75) is 162 Å². The smallest absolute Gasteiger partial charge is 0.444 e. The molecule has 4 atom stereocenters. The summed E-state index contributed by atoms with van der Waals surface area (Å²) in [5, 5.41) is 12.8. The Morgan fingerprint density at radius 1 is 0.620 bits per heavy atom. The van der Waals surface area contributed by atoms with Crippen LogP contribution in [0.2, 0.25) is 51.4 Å². The number of benzene rings is 2. The number of nitrogens with zero attached hydrogens (tertiary/aromatic N) is 10. The number of rotatable bonds is 19. The monoisotopic (exact) mass is 1450 g/mol. The molecule has 23 nitrogen and oxygen atoms in total. The van der Waals surface area contributed by atoms with Crippen molar-refractivity contribution in [3.05, 3.63) is 121 Å². The Bertz CT molecular complexity index is 4380. The topological polar surface area (TPSA) is 279 Å². The van der Waals surface area contributed by atoms with E-state index in [4.69, 9.17) is 49.5 Å². The third kappa shape index (κ3) is 18.6. The maximum atomic E-state index is 14.3. The molecule has 6 aromatic heterocycles. The minimum Gasteiger partial charge on any atom is -0.444 e. The van der Waals surface area contributed by atoms with Crippen LogP contribution in [0.3, 0.4) is 0 Å². The molecule has 4 aliphatic heterocycles. The number of carbonyl (C=O) groups excluding carboxylic acids is 2. The number of hydrogen-bond acceptors (Lipinski definition) is 20. The van der Waals surface area contributed by atoms with E-state index < -0.39 is 59.5 Å². The van der Waals surface area contributed by atoms with E-state index in [1.54, 1.807) is 28.0 Å². The standard InChI is InChI=1S/C42H62N6O7SSi2.C25H26N6O3S.C3H3F3O/c1-42(2,3)55-41(49)47-33-22-32(23-34(47)27-54-26-33)37-38(56(4,50)51)40(46(28-52-18-20-57(5,6)7)29-53-19-21-58(8,9)10)48-39(45-37)35(25-44-48)31-16-17-36(43-24-31)30-14-12-11-13-15-30;1-35(32,33)23-22(17-9-18-13-34-14-19(10-17)29-18)30-25-20(12-28-31(25)24(23)26)16-7-8-21(27-11-16)15-5-3-2-4-6-15;1-2(7)3(4,5)6/h11-17,24-25,32-34H,18-23,26-29H2,1-10H3;2-8,11-12,17-19,29H,9-10,13-14,26H2,1H3;1H3. The van der Waals surface area contributed by atoms with Crippen LogP contribution in [0.25, 0.3) is 56.1 Å². The van der Waals surface area contributed by atoms with Crippen molar-refractivity contribution in [3.63, 3.8) is 0 Å². The van der Waals surface area contributed by atoms with Crippen molar-refractivity contribution in [1.29, 1.82) is 0 Å². The van der Waals surface area contributed by atoms with Crippen molar-refractivity contribution >= 4 is 70.6 Å². The Labute approximate surface area is 584 Å². The maximum Gasteiger partial charge on any atom is 0.449 e. The van der Waals surface area contributed by atoms with Crippen molar-refractivity contribution in [1.82, 2.24) is 49.4 Å². The first-order valence-electron chi connectivity index (χ1n) is 33.4. The number of nitrogens with two attached hydrogens (primary N) is 1. The highest BCUT2D eigenvalue weighted by atomic mass is 32.2. The van der Waals surface area contributed by atoms with Gasteiger partial charge in [-0.2, -0.15) is 32.4 Å². The van der Waals surface area contributed by atoms with E-state index in [0.29, 0.717) is 93.5 Å². The fourth-order valence-corrected chi connectivity index (χ4v) is 16.4. The van der Waals surface area contributed by atoms with Gasteiger partial charge in [0.15, 0.2) is 36.8 Å². The lowest BCUT2D eigenvalue weighted by atomic mass is 9.83. The summed E-state index contributed by atoms with van der Waals surface area (Å²) in [4.78, 5) is 46.3. The third-order valence-corrected chi connectivity index (χ3v) is 23.3. The molecule has 1 amide bonds. The molecule has 0 saturated carbocycles. The van der Waals surface area contributed by atoms with Gasteiger partial charge >= 0.3 is 12.3 Å². The first-order chi connectivity index (χ1) is 47.0. The second-order valence-corrected chi connectivity index (χ2v) is 44.7. The summed E-state index contributed by atoms with van der Waals surface area (Å²) in [5.74, 6) is -1.69. The normalized spacial score (nSPS) is 19.7. The number of carbonyl (C=O) groups is 2. The van der Waals surface area contributed by atoms with Crippen LogP contribution < -0.4 is 16.0 Å². The number of ether oxygens (including phenoxy) is 5. The molecule has 12 rings (SSSR count). The number of piperidine rings is 2. The van der Waals surface area contributed by atoms with Gasteiger partial charge in [-0.25, -0.2) is 31.6 Å². The van der Waals surface area contributed by atoms with Gasteiger partial charge in [0, 0.05) is 118 Å². The summed E-state index contributed by atoms with van der Waals surface area (Å²) in [6.45, 7) is 23.0. The third-order valence-electron chi connectivity index (χ3n) is 17.6. The minimum atomic E-state index is -4.64. The fourth-order valence-electron chi connectivity index (χ4n) is 12.7. The highest BCUT2D eigenvalue weighted by molar-refractivity contribution is 7.91. The molecular formula is C70H91F3N12O11S2Si2. The van der Waals surface area contributed by atoms with E-state index in [9.17, 15) is 39.6 Å². The lowest BCUT2D eigenvalue weighted by Crippen LogP contribution is -2.59. The summed E-state index contributed by atoms with van der Waals surface area (Å²) in [5.41, 5.74) is 14.6. The summed E-state index contributed by atoms with van der Waals surface area (Å²) < 4.78 is 120. The molecule has 8 aromatic rings. The highest BCUT2D eigenvalue weighted by Crippen LogP contribution is 2.45. The number of fused-ring (bicyclic) bond motifs is 6. The van der Waals surface area contributed by atoms with Crippen molar-refractivity contribution in [2.75, 3.05) is 76.2 Å². The van der Waals surface area contributed by atoms with E-state index in [1.807, 2.05) is 117 Å². The number of hydrogen-bond donors (Lipinski definition) is 2. The SMILES string of the molecule is CC(=O)C(F)(F)F.CC(C)(C)OC(=O)N1C2COCC1CC(c1nc3c(-c4ccc(-c5ccccc5)nc4)cnn3c(N(COCC[Si](C)(C)C)COCC[Si](C)(C)C)c1S(C)(=O)=O)C2.CS(=O)(=O)c1c(C2CC3COCC(C2)N3)nc2c(-c3ccc(-c4ccccc4)nc3)cnn2c1N. The number of amides is 1. The van der Waals surface area contributed by atoms with Crippen LogP contribution in [0.5, 0.6) is 0 Å². The molecule has 30 heteroatoms. The molecule has 4 bridgehead atoms. The number of nitrogens with one attached hydrogen (secondary N) is 1. The number of morpholine rings is 2. The van der Waals surface area contributed by atoms with Crippen LogP contribution >= 0.6 is 0 Å². The molecular weight excluding hydrogens is 1360 g/mol. The Morgan fingerprint density at radius 2 is 1.05 bits per heavy atom. The molecule has 538 valence electrons. The predicted molar refractivity (Wildman–Crippen MR) is 383 cm³/mol. The number of pyridine rings is 2. The Kier molecular flexibility index (Phi) is 23.0.